The molecular formula is C35H58O5. The van der Waals surface area contributed by atoms with E-state index in [9.17, 15) is 14.7 Å². The summed E-state index contributed by atoms with van der Waals surface area (Å²) in [6.07, 6.45) is 31.7. The number of rotatable bonds is 22. The third kappa shape index (κ3) is 12.5. The molecule has 0 saturated heterocycles. The summed E-state index contributed by atoms with van der Waals surface area (Å²) in [7, 11) is 0. The SMILES string of the molecule is CCCCC/C=C\C/C=C\CCCCCCCC(=O)OCC(CO)COC(=O)CCC12CC3CC(CC(C3)C1)C2. The quantitative estimate of drug-likeness (QED) is 0.0819. The Balaban J connectivity index is 1.13. The van der Waals surface area contributed by atoms with Gasteiger partial charge >= 0.3 is 11.9 Å². The number of allylic oxidation sites excluding steroid dienone is 4. The fraction of sp³-hybridized carbons (Fsp3) is 0.829. The number of carbonyl (C=O) groups is 2. The largest absolute Gasteiger partial charge is 0.465 e. The Labute approximate surface area is 244 Å². The number of esters is 2. The van der Waals surface area contributed by atoms with Gasteiger partial charge < -0.3 is 14.6 Å². The lowest BCUT2D eigenvalue weighted by Crippen LogP contribution is -2.46. The molecule has 0 aromatic carbocycles. The lowest BCUT2D eigenvalue weighted by atomic mass is 9.48. The standard InChI is InChI=1S/C35H58O5/c1-2-3-4-5-6-7-8-9-10-11-12-13-14-15-16-17-33(37)39-27-32(26-36)28-40-34(38)18-19-35-23-29-20-30(24-35)22-31(21-29)25-35/h6-7,9-10,29-32,36H,2-5,8,11-28H2,1H3/b7-6-,10-9-. The summed E-state index contributed by atoms with van der Waals surface area (Å²) in [5.74, 6) is 1.92. The molecule has 0 aromatic heterocycles. The van der Waals surface area contributed by atoms with Crippen molar-refractivity contribution in [3.05, 3.63) is 24.3 Å². The fourth-order valence-electron chi connectivity index (χ4n) is 7.76. The van der Waals surface area contributed by atoms with Crippen molar-refractivity contribution in [2.24, 2.45) is 29.1 Å². The summed E-state index contributed by atoms with van der Waals surface area (Å²) < 4.78 is 10.8. The van der Waals surface area contributed by atoms with E-state index in [2.05, 4.69) is 31.2 Å². The van der Waals surface area contributed by atoms with Gasteiger partial charge in [0.25, 0.3) is 0 Å². The van der Waals surface area contributed by atoms with Crippen molar-refractivity contribution >= 4 is 11.9 Å². The number of aliphatic hydroxyl groups excluding tert-OH is 1. The topological polar surface area (TPSA) is 72.8 Å². The van der Waals surface area contributed by atoms with Crippen molar-refractivity contribution in [2.75, 3.05) is 19.8 Å². The molecule has 4 rings (SSSR count). The van der Waals surface area contributed by atoms with Gasteiger partial charge in [-0.05, 0) is 107 Å². The zero-order valence-corrected chi connectivity index (χ0v) is 25.5. The van der Waals surface area contributed by atoms with E-state index in [1.165, 1.54) is 77.0 Å². The Morgan fingerprint density at radius 2 is 1.27 bits per heavy atom. The van der Waals surface area contributed by atoms with Crippen molar-refractivity contribution in [2.45, 2.75) is 135 Å². The molecule has 0 heterocycles. The van der Waals surface area contributed by atoms with Gasteiger partial charge in [-0.1, -0.05) is 63.3 Å². The van der Waals surface area contributed by atoms with Gasteiger partial charge in [-0.2, -0.15) is 0 Å². The summed E-state index contributed by atoms with van der Waals surface area (Å²) >= 11 is 0. The van der Waals surface area contributed by atoms with Gasteiger partial charge in [0.2, 0.25) is 0 Å². The molecule has 5 nitrogen and oxygen atoms in total. The Hall–Kier alpha value is -1.62. The first-order chi connectivity index (χ1) is 19.5. The van der Waals surface area contributed by atoms with Crippen LogP contribution in [-0.4, -0.2) is 36.9 Å². The number of hydrogen-bond acceptors (Lipinski definition) is 5. The summed E-state index contributed by atoms with van der Waals surface area (Å²) in [6, 6.07) is 0. The Bertz CT molecular complexity index is 749. The highest BCUT2D eigenvalue weighted by atomic mass is 16.5. The molecule has 0 amide bonds. The van der Waals surface area contributed by atoms with Crippen molar-refractivity contribution in [1.82, 2.24) is 0 Å². The molecule has 4 fully saturated rings. The van der Waals surface area contributed by atoms with Gasteiger partial charge in [-0.3, -0.25) is 9.59 Å². The zero-order valence-electron chi connectivity index (χ0n) is 25.5. The van der Waals surface area contributed by atoms with Crippen LogP contribution in [0.25, 0.3) is 0 Å². The lowest BCUT2D eigenvalue weighted by Gasteiger charge is -2.57. The van der Waals surface area contributed by atoms with Crippen LogP contribution in [0.2, 0.25) is 0 Å². The minimum Gasteiger partial charge on any atom is -0.465 e. The number of aliphatic hydroxyl groups is 1. The summed E-state index contributed by atoms with van der Waals surface area (Å²) in [5.41, 5.74) is 0.376. The number of unbranched alkanes of at least 4 members (excludes halogenated alkanes) is 8. The van der Waals surface area contributed by atoms with Gasteiger partial charge in [-0.15, -0.1) is 0 Å². The van der Waals surface area contributed by atoms with E-state index in [-0.39, 0.29) is 37.7 Å². The fourth-order valence-corrected chi connectivity index (χ4v) is 7.76. The summed E-state index contributed by atoms with van der Waals surface area (Å²) in [5, 5.41) is 9.66. The zero-order chi connectivity index (χ0) is 28.5. The first kappa shape index (κ1) is 32.9. The van der Waals surface area contributed by atoms with Crippen LogP contribution >= 0.6 is 0 Å². The molecule has 1 unspecified atom stereocenters. The maximum absolute atomic E-state index is 12.4. The number of ether oxygens (including phenoxy) is 2. The minimum atomic E-state index is -0.350. The van der Waals surface area contributed by atoms with Crippen LogP contribution in [0.15, 0.2) is 24.3 Å². The van der Waals surface area contributed by atoms with E-state index >= 15 is 0 Å². The van der Waals surface area contributed by atoms with Crippen molar-refractivity contribution in [3.8, 4) is 0 Å². The van der Waals surface area contributed by atoms with Crippen LogP contribution in [0.3, 0.4) is 0 Å². The lowest BCUT2D eigenvalue weighted by molar-refractivity contribution is -0.151. The second-order valence-corrected chi connectivity index (χ2v) is 13.3. The molecule has 4 saturated carbocycles. The van der Waals surface area contributed by atoms with E-state index in [1.54, 1.807) is 0 Å². The van der Waals surface area contributed by atoms with E-state index in [0.717, 1.165) is 56.3 Å². The Morgan fingerprint density at radius 1 is 0.750 bits per heavy atom. The van der Waals surface area contributed by atoms with Gasteiger partial charge in [0, 0.05) is 12.8 Å². The normalized spacial score (nSPS) is 26.1. The van der Waals surface area contributed by atoms with Crippen LogP contribution in [0.1, 0.15) is 135 Å². The van der Waals surface area contributed by atoms with Crippen LogP contribution in [-0.2, 0) is 19.1 Å². The predicted molar refractivity (Wildman–Crippen MR) is 162 cm³/mol. The van der Waals surface area contributed by atoms with Crippen molar-refractivity contribution in [3.63, 3.8) is 0 Å². The summed E-state index contributed by atoms with van der Waals surface area (Å²) in [6.45, 7) is 2.31. The van der Waals surface area contributed by atoms with Crippen LogP contribution in [0, 0.1) is 29.1 Å². The molecule has 40 heavy (non-hydrogen) atoms. The predicted octanol–water partition coefficient (Wildman–Crippen LogP) is 8.49. The van der Waals surface area contributed by atoms with Crippen LogP contribution < -0.4 is 0 Å². The van der Waals surface area contributed by atoms with Gasteiger partial charge in [-0.25, -0.2) is 0 Å². The third-order valence-electron chi connectivity index (χ3n) is 9.57. The first-order valence-electron chi connectivity index (χ1n) is 16.7. The molecule has 1 atom stereocenters. The smallest absolute Gasteiger partial charge is 0.305 e. The average Bonchev–Trinajstić information content (AvgIpc) is 2.93. The molecule has 4 aliphatic rings. The number of carbonyl (C=O) groups excluding carboxylic acids is 2. The highest BCUT2D eigenvalue weighted by Crippen LogP contribution is 2.61. The summed E-state index contributed by atoms with van der Waals surface area (Å²) in [4.78, 5) is 24.6. The van der Waals surface area contributed by atoms with Crippen molar-refractivity contribution in [1.29, 1.82) is 0 Å². The molecule has 0 aromatic rings. The second-order valence-electron chi connectivity index (χ2n) is 13.3. The molecule has 1 N–H and O–H groups in total. The van der Waals surface area contributed by atoms with Gasteiger partial charge in [0.05, 0.1) is 25.7 Å². The molecule has 4 aliphatic carbocycles. The second kappa shape index (κ2) is 18.7. The molecular weight excluding hydrogens is 500 g/mol. The first-order valence-corrected chi connectivity index (χ1v) is 16.7. The van der Waals surface area contributed by atoms with E-state index in [4.69, 9.17) is 9.47 Å². The Morgan fingerprint density at radius 3 is 1.85 bits per heavy atom. The molecule has 5 heteroatoms. The maximum atomic E-state index is 12.4. The van der Waals surface area contributed by atoms with Gasteiger partial charge in [0.15, 0.2) is 0 Å². The third-order valence-corrected chi connectivity index (χ3v) is 9.57. The van der Waals surface area contributed by atoms with E-state index in [0.29, 0.717) is 18.3 Å². The highest BCUT2D eigenvalue weighted by Gasteiger charge is 2.50. The molecule has 0 radical (unpaired) electrons. The maximum Gasteiger partial charge on any atom is 0.305 e. The molecule has 4 bridgehead atoms. The van der Waals surface area contributed by atoms with Crippen LogP contribution in [0.5, 0.6) is 0 Å². The van der Waals surface area contributed by atoms with Crippen molar-refractivity contribution < 1.29 is 24.2 Å². The van der Waals surface area contributed by atoms with Crippen LogP contribution in [0.4, 0.5) is 0 Å². The Kier molecular flexibility index (Phi) is 15.4. The average molecular weight is 559 g/mol. The highest BCUT2D eigenvalue weighted by molar-refractivity contribution is 5.69. The van der Waals surface area contributed by atoms with Gasteiger partial charge in [0.1, 0.15) is 0 Å². The molecule has 228 valence electrons. The number of hydrogen-bond donors (Lipinski definition) is 1. The van der Waals surface area contributed by atoms with E-state index in [1.807, 2.05) is 0 Å². The molecule has 0 spiro atoms. The minimum absolute atomic E-state index is 0.109. The monoisotopic (exact) mass is 558 g/mol. The molecule has 0 aliphatic heterocycles. The van der Waals surface area contributed by atoms with E-state index < -0.39 is 0 Å².